The zero-order valence-corrected chi connectivity index (χ0v) is 26.1. The van der Waals surface area contributed by atoms with E-state index in [-0.39, 0.29) is 0 Å². The summed E-state index contributed by atoms with van der Waals surface area (Å²) in [6.45, 7) is 0. The van der Waals surface area contributed by atoms with Crippen molar-refractivity contribution in [3.05, 3.63) is 140 Å². The first-order chi connectivity index (χ1) is 22.9. The number of nitrogens with zero attached hydrogens (tertiary/aromatic N) is 3. The number of pyridine rings is 1. The van der Waals surface area contributed by atoms with E-state index in [1.165, 1.54) is 89.6 Å². The second-order valence-electron chi connectivity index (χ2n) is 11.9. The fourth-order valence-electron chi connectivity index (χ4n) is 7.73. The number of hydrogen-bond donors (Lipinski definition) is 0. The van der Waals surface area contributed by atoms with Crippen LogP contribution < -0.4 is 0 Å². The minimum absolute atomic E-state index is 0.991. The number of rotatable bonds is 2. The van der Waals surface area contributed by atoms with E-state index >= 15 is 0 Å². The fourth-order valence-corrected chi connectivity index (χ4v) is 10.4. The van der Waals surface area contributed by atoms with Crippen molar-refractivity contribution in [2.75, 3.05) is 0 Å². The first kappa shape index (κ1) is 24.8. The quantitative estimate of drug-likeness (QED) is 0.188. The van der Waals surface area contributed by atoms with E-state index in [0.29, 0.717) is 0 Å². The first-order valence-electron chi connectivity index (χ1n) is 15.5. The van der Waals surface area contributed by atoms with Gasteiger partial charge in [0, 0.05) is 69.1 Å². The highest BCUT2D eigenvalue weighted by Gasteiger charge is 2.26. The summed E-state index contributed by atoms with van der Waals surface area (Å²) in [6.07, 6.45) is 2.00. The maximum Gasteiger partial charge on any atom is 0.155 e. The maximum atomic E-state index is 5.13. The van der Waals surface area contributed by atoms with E-state index in [0.717, 1.165) is 5.82 Å². The Labute approximate surface area is 270 Å². The van der Waals surface area contributed by atoms with E-state index in [9.17, 15) is 0 Å². The third kappa shape index (κ3) is 3.09. The zero-order valence-electron chi connectivity index (χ0n) is 24.4. The van der Waals surface area contributed by atoms with Crippen molar-refractivity contribution in [1.29, 1.82) is 0 Å². The highest BCUT2D eigenvalue weighted by Crippen LogP contribution is 2.52. The van der Waals surface area contributed by atoms with Gasteiger partial charge in [-0.1, -0.05) is 91.0 Å². The molecular weight excluding hydrogens is 599 g/mol. The van der Waals surface area contributed by atoms with Gasteiger partial charge in [-0.05, 0) is 42.5 Å². The molecule has 0 bridgehead atoms. The maximum absolute atomic E-state index is 5.13. The summed E-state index contributed by atoms with van der Waals surface area (Å²) in [5, 5.41) is 10.3. The molecular formula is C41H23N3S2. The Morgan fingerprint density at radius 1 is 0.413 bits per heavy atom. The average molecular weight is 622 g/mol. The van der Waals surface area contributed by atoms with Gasteiger partial charge in [-0.25, -0.2) is 4.98 Å². The molecule has 5 aromatic heterocycles. The Bertz CT molecular complexity index is 2980. The Balaban J connectivity index is 1.41. The molecule has 0 saturated carbocycles. The van der Waals surface area contributed by atoms with Crippen LogP contribution in [0.2, 0.25) is 0 Å². The molecule has 0 aliphatic rings. The smallest absolute Gasteiger partial charge is 0.155 e. The van der Waals surface area contributed by atoms with Gasteiger partial charge >= 0.3 is 0 Å². The van der Waals surface area contributed by atoms with Crippen molar-refractivity contribution in [2.24, 2.45) is 0 Å². The topological polar surface area (TPSA) is 22.8 Å². The fraction of sp³-hybridized carbons (Fsp3) is 0. The van der Waals surface area contributed by atoms with Gasteiger partial charge in [0.25, 0.3) is 0 Å². The predicted molar refractivity (Wildman–Crippen MR) is 199 cm³/mol. The summed E-state index contributed by atoms with van der Waals surface area (Å²) in [5.41, 5.74) is 6.05. The summed E-state index contributed by atoms with van der Waals surface area (Å²) >= 11 is 3.81. The number of hydrogen-bond acceptors (Lipinski definition) is 3. The van der Waals surface area contributed by atoms with Crippen LogP contribution in [-0.2, 0) is 0 Å². The molecule has 0 aliphatic heterocycles. The number of fused-ring (bicyclic) bond motifs is 15. The van der Waals surface area contributed by atoms with E-state index in [1.807, 2.05) is 28.9 Å². The summed E-state index contributed by atoms with van der Waals surface area (Å²) < 4.78 is 10.1. The van der Waals surface area contributed by atoms with Gasteiger partial charge in [0.2, 0.25) is 0 Å². The molecule has 0 unspecified atom stereocenters. The lowest BCUT2D eigenvalue weighted by molar-refractivity contribution is 1.11. The van der Waals surface area contributed by atoms with Crippen LogP contribution in [0.25, 0.3) is 95.5 Å². The van der Waals surface area contributed by atoms with Crippen molar-refractivity contribution >= 4 is 107 Å². The third-order valence-corrected chi connectivity index (χ3v) is 12.0. The molecule has 5 heterocycles. The third-order valence-electron chi connectivity index (χ3n) is 9.55. The molecule has 0 atom stereocenters. The Morgan fingerprint density at radius 2 is 0.978 bits per heavy atom. The number of benzene rings is 6. The highest BCUT2D eigenvalue weighted by molar-refractivity contribution is 7.30. The summed E-state index contributed by atoms with van der Waals surface area (Å²) in [7, 11) is 0. The summed E-state index contributed by atoms with van der Waals surface area (Å²) in [6, 6.07) is 48.3. The molecule has 214 valence electrons. The predicted octanol–water partition coefficient (Wildman–Crippen LogP) is 12.0. The average Bonchev–Trinajstić information content (AvgIpc) is 3.86. The molecule has 6 aromatic carbocycles. The van der Waals surface area contributed by atoms with Gasteiger partial charge in [-0.3, -0.25) is 4.57 Å². The SMILES string of the molecule is c1ccc(-n2c3ccccc3c3c4sc5c(-n6c7ccccc7c7ccccc76)nccc5c4c4sc5ccccc5c4c32)cc1. The molecule has 3 nitrogen and oxygen atoms in total. The van der Waals surface area contributed by atoms with E-state index in [1.54, 1.807) is 0 Å². The second-order valence-corrected chi connectivity index (χ2v) is 14.0. The minimum Gasteiger partial charge on any atom is -0.309 e. The van der Waals surface area contributed by atoms with Crippen LogP contribution in [0.5, 0.6) is 0 Å². The number of aromatic nitrogens is 3. The Hall–Kier alpha value is -5.49. The van der Waals surface area contributed by atoms with Crippen LogP contribution in [0.15, 0.2) is 140 Å². The van der Waals surface area contributed by atoms with Crippen molar-refractivity contribution in [3.63, 3.8) is 0 Å². The molecule has 0 saturated heterocycles. The van der Waals surface area contributed by atoms with E-state index < -0.39 is 0 Å². The molecule has 0 radical (unpaired) electrons. The standard InChI is InChI=1S/C41H23N3S2/c1-2-12-24(13-3-1)43-32-20-10-6-16-27(32)34-37(43)35-28-17-7-11-21-33(28)45-39(35)36-29-22-23-42-41(38(29)46-40(34)36)44-30-18-8-4-14-25(30)26-15-5-9-19-31(26)44/h1-23H. The number of para-hydroxylation sites is 4. The van der Waals surface area contributed by atoms with Crippen molar-refractivity contribution in [2.45, 2.75) is 0 Å². The van der Waals surface area contributed by atoms with Crippen molar-refractivity contribution < 1.29 is 0 Å². The van der Waals surface area contributed by atoms with Gasteiger partial charge in [0.15, 0.2) is 5.82 Å². The van der Waals surface area contributed by atoms with Gasteiger partial charge in [0.05, 0.1) is 26.8 Å². The molecule has 11 rings (SSSR count). The normalized spacial score (nSPS) is 12.3. The zero-order chi connectivity index (χ0) is 29.9. The number of thiophene rings is 2. The molecule has 0 amide bonds. The molecule has 0 fully saturated rings. The Kier molecular flexibility index (Phi) is 4.87. The highest BCUT2D eigenvalue weighted by atomic mass is 32.1. The lowest BCUT2D eigenvalue weighted by atomic mass is 10.0. The van der Waals surface area contributed by atoms with Crippen molar-refractivity contribution in [3.8, 4) is 11.5 Å². The molecule has 0 aliphatic carbocycles. The van der Waals surface area contributed by atoms with Crippen LogP contribution in [-0.4, -0.2) is 14.1 Å². The van der Waals surface area contributed by atoms with Crippen LogP contribution in [0.3, 0.4) is 0 Å². The molecule has 46 heavy (non-hydrogen) atoms. The van der Waals surface area contributed by atoms with Gasteiger partial charge in [0.1, 0.15) is 0 Å². The second kappa shape index (κ2) is 9.04. The van der Waals surface area contributed by atoms with Gasteiger partial charge in [-0.2, -0.15) is 0 Å². The molecule has 0 N–H and O–H groups in total. The minimum atomic E-state index is 0.991. The molecule has 5 heteroatoms. The van der Waals surface area contributed by atoms with E-state index in [4.69, 9.17) is 4.98 Å². The Morgan fingerprint density at radius 3 is 1.72 bits per heavy atom. The van der Waals surface area contributed by atoms with Gasteiger partial charge in [-0.15, -0.1) is 22.7 Å². The van der Waals surface area contributed by atoms with Crippen molar-refractivity contribution in [1.82, 2.24) is 14.1 Å². The van der Waals surface area contributed by atoms with Crippen LogP contribution in [0.1, 0.15) is 0 Å². The lowest BCUT2D eigenvalue weighted by Crippen LogP contribution is -1.96. The molecule has 11 aromatic rings. The summed E-state index contributed by atoms with van der Waals surface area (Å²) in [5.74, 6) is 0.991. The van der Waals surface area contributed by atoms with Gasteiger partial charge < -0.3 is 4.57 Å². The molecule has 0 spiro atoms. The largest absolute Gasteiger partial charge is 0.309 e. The van der Waals surface area contributed by atoms with E-state index in [2.05, 4.69) is 143 Å². The summed E-state index contributed by atoms with van der Waals surface area (Å²) in [4.78, 5) is 5.13. The first-order valence-corrected chi connectivity index (χ1v) is 17.1. The van der Waals surface area contributed by atoms with Crippen LogP contribution in [0, 0.1) is 0 Å². The van der Waals surface area contributed by atoms with Crippen LogP contribution in [0.4, 0.5) is 0 Å². The monoisotopic (exact) mass is 621 g/mol. The lowest BCUT2D eigenvalue weighted by Gasteiger charge is -2.09. The van der Waals surface area contributed by atoms with Crippen LogP contribution >= 0.6 is 22.7 Å².